The van der Waals surface area contributed by atoms with Gasteiger partial charge in [0.05, 0.1) is 11.2 Å². The Bertz CT molecular complexity index is 1130. The van der Waals surface area contributed by atoms with E-state index in [-0.39, 0.29) is 5.41 Å². The molecule has 0 atom stereocenters. The van der Waals surface area contributed by atoms with Gasteiger partial charge in [-0.15, -0.1) is 0 Å². The van der Waals surface area contributed by atoms with Crippen molar-refractivity contribution in [3.8, 4) is 11.3 Å². The molecule has 1 heterocycles. The van der Waals surface area contributed by atoms with Crippen LogP contribution in [0.2, 0.25) is 0 Å². The van der Waals surface area contributed by atoms with Crippen molar-refractivity contribution in [3.05, 3.63) is 77.4 Å². The first-order valence-electron chi connectivity index (χ1n) is 8.51. The molecule has 1 aromatic heterocycles. The number of aryl methyl sites for hydroxylation is 1. The quantitative estimate of drug-likeness (QED) is 0.388. The fourth-order valence-corrected chi connectivity index (χ4v) is 4.23. The van der Waals surface area contributed by atoms with Crippen molar-refractivity contribution >= 4 is 21.7 Å². The minimum Gasteiger partial charge on any atom is -0.247 e. The SMILES string of the molecule is Cc1cccc2nc3c(cc12)C(C)(C)c1cccc2cccc-3c12. The van der Waals surface area contributed by atoms with Crippen LogP contribution in [0.5, 0.6) is 0 Å². The van der Waals surface area contributed by atoms with E-state index in [9.17, 15) is 0 Å². The van der Waals surface area contributed by atoms with Crippen molar-refractivity contribution in [2.24, 2.45) is 0 Å². The number of nitrogens with zero attached hydrogens (tertiary/aromatic N) is 1. The fraction of sp³-hybridized carbons (Fsp3) is 0.174. The molecule has 0 saturated heterocycles. The molecule has 116 valence electrons. The molecule has 3 aromatic carbocycles. The van der Waals surface area contributed by atoms with E-state index in [1.165, 1.54) is 38.4 Å². The molecule has 1 aliphatic rings. The lowest BCUT2D eigenvalue weighted by Gasteiger charge is -2.34. The van der Waals surface area contributed by atoms with Crippen LogP contribution in [0.1, 0.15) is 30.5 Å². The number of pyridine rings is 1. The summed E-state index contributed by atoms with van der Waals surface area (Å²) >= 11 is 0. The monoisotopic (exact) mass is 309 g/mol. The zero-order chi connectivity index (χ0) is 16.5. The van der Waals surface area contributed by atoms with Crippen LogP contribution in [0, 0.1) is 6.92 Å². The number of aromatic nitrogens is 1. The summed E-state index contributed by atoms with van der Waals surface area (Å²) in [5.74, 6) is 0. The van der Waals surface area contributed by atoms with Crippen LogP contribution in [-0.2, 0) is 5.41 Å². The molecule has 1 aliphatic carbocycles. The summed E-state index contributed by atoms with van der Waals surface area (Å²) in [6, 6.07) is 22.0. The lowest BCUT2D eigenvalue weighted by Crippen LogP contribution is -2.24. The van der Waals surface area contributed by atoms with E-state index in [0.29, 0.717) is 0 Å². The number of hydrogen-bond donors (Lipinski definition) is 0. The molecule has 0 spiro atoms. The third-order valence-electron chi connectivity index (χ3n) is 5.58. The van der Waals surface area contributed by atoms with Gasteiger partial charge in [-0.3, -0.25) is 0 Å². The standard InChI is InChI=1S/C23H19N/c1-14-7-4-12-20-17(14)13-19-22(24-20)16-10-5-8-15-9-6-11-18(21(15)16)23(19,2)3/h4-13H,1-3H3. The number of rotatable bonds is 0. The molecule has 24 heavy (non-hydrogen) atoms. The molecule has 0 bridgehead atoms. The molecule has 5 rings (SSSR count). The molecule has 0 amide bonds. The lowest BCUT2D eigenvalue weighted by atomic mass is 9.69. The van der Waals surface area contributed by atoms with Crippen molar-refractivity contribution in [2.45, 2.75) is 26.2 Å². The van der Waals surface area contributed by atoms with E-state index < -0.39 is 0 Å². The Morgan fingerprint density at radius 3 is 2.42 bits per heavy atom. The first kappa shape index (κ1) is 13.7. The highest BCUT2D eigenvalue weighted by Gasteiger charge is 2.34. The highest BCUT2D eigenvalue weighted by Crippen LogP contribution is 2.48. The first-order valence-corrected chi connectivity index (χ1v) is 8.51. The molecule has 0 N–H and O–H groups in total. The van der Waals surface area contributed by atoms with Crippen molar-refractivity contribution < 1.29 is 0 Å². The molecule has 4 aromatic rings. The highest BCUT2D eigenvalue weighted by molar-refractivity contribution is 6.03. The third kappa shape index (κ3) is 1.62. The minimum atomic E-state index is -0.0489. The molecule has 0 fully saturated rings. The van der Waals surface area contributed by atoms with Crippen molar-refractivity contribution in [1.82, 2.24) is 4.98 Å². The summed E-state index contributed by atoms with van der Waals surface area (Å²) in [5, 5.41) is 3.92. The second kappa shape index (κ2) is 4.45. The van der Waals surface area contributed by atoms with E-state index in [1.807, 2.05) is 0 Å². The Labute approximate surface area is 142 Å². The second-order valence-corrected chi connectivity index (χ2v) is 7.36. The minimum absolute atomic E-state index is 0.0489. The van der Waals surface area contributed by atoms with E-state index in [4.69, 9.17) is 4.98 Å². The molecular formula is C23H19N. The van der Waals surface area contributed by atoms with Gasteiger partial charge < -0.3 is 0 Å². The van der Waals surface area contributed by atoms with Gasteiger partial charge in [0.25, 0.3) is 0 Å². The molecule has 0 saturated carbocycles. The van der Waals surface area contributed by atoms with Gasteiger partial charge in [-0.1, -0.05) is 62.4 Å². The maximum absolute atomic E-state index is 5.10. The molecule has 0 unspecified atom stereocenters. The van der Waals surface area contributed by atoms with Crippen molar-refractivity contribution in [3.63, 3.8) is 0 Å². The van der Waals surface area contributed by atoms with Gasteiger partial charge in [0.1, 0.15) is 0 Å². The Kier molecular flexibility index (Phi) is 2.55. The average molecular weight is 309 g/mol. The van der Waals surface area contributed by atoms with Crippen LogP contribution in [-0.4, -0.2) is 4.98 Å². The normalized spacial score (nSPS) is 14.8. The second-order valence-electron chi connectivity index (χ2n) is 7.36. The third-order valence-corrected chi connectivity index (χ3v) is 5.58. The van der Waals surface area contributed by atoms with Crippen LogP contribution in [0.15, 0.2) is 60.7 Å². The Morgan fingerprint density at radius 1 is 0.833 bits per heavy atom. The van der Waals surface area contributed by atoms with Crippen molar-refractivity contribution in [1.29, 1.82) is 0 Å². The van der Waals surface area contributed by atoms with Gasteiger partial charge in [0, 0.05) is 16.4 Å². The van der Waals surface area contributed by atoms with Crippen LogP contribution in [0.4, 0.5) is 0 Å². The van der Waals surface area contributed by atoms with Gasteiger partial charge in [0.15, 0.2) is 0 Å². The smallest absolute Gasteiger partial charge is 0.0756 e. The van der Waals surface area contributed by atoms with Gasteiger partial charge >= 0.3 is 0 Å². The van der Waals surface area contributed by atoms with E-state index >= 15 is 0 Å². The van der Waals surface area contributed by atoms with Crippen LogP contribution < -0.4 is 0 Å². The topological polar surface area (TPSA) is 12.9 Å². The summed E-state index contributed by atoms with van der Waals surface area (Å²) in [5.41, 5.74) is 7.46. The molecule has 0 radical (unpaired) electrons. The number of hydrogen-bond acceptors (Lipinski definition) is 1. The summed E-state index contributed by atoms with van der Waals surface area (Å²) in [7, 11) is 0. The lowest BCUT2D eigenvalue weighted by molar-refractivity contribution is 0.643. The zero-order valence-electron chi connectivity index (χ0n) is 14.2. The molecule has 1 heteroatoms. The zero-order valence-corrected chi connectivity index (χ0v) is 14.2. The van der Waals surface area contributed by atoms with Gasteiger partial charge in [0.2, 0.25) is 0 Å². The summed E-state index contributed by atoms with van der Waals surface area (Å²) < 4.78 is 0. The van der Waals surface area contributed by atoms with E-state index in [2.05, 4.69) is 81.4 Å². The maximum atomic E-state index is 5.10. The predicted octanol–water partition coefficient (Wildman–Crippen LogP) is 6.00. The Balaban J connectivity index is 2.02. The molecular weight excluding hydrogens is 290 g/mol. The summed E-state index contributed by atoms with van der Waals surface area (Å²) in [6.07, 6.45) is 0. The van der Waals surface area contributed by atoms with Gasteiger partial charge in [-0.25, -0.2) is 4.98 Å². The first-order chi connectivity index (χ1) is 11.6. The largest absolute Gasteiger partial charge is 0.247 e. The van der Waals surface area contributed by atoms with Crippen LogP contribution >= 0.6 is 0 Å². The molecule has 0 aliphatic heterocycles. The highest BCUT2D eigenvalue weighted by atomic mass is 14.7. The van der Waals surface area contributed by atoms with Crippen LogP contribution in [0.25, 0.3) is 32.9 Å². The van der Waals surface area contributed by atoms with Crippen molar-refractivity contribution in [2.75, 3.05) is 0 Å². The Morgan fingerprint density at radius 2 is 1.58 bits per heavy atom. The van der Waals surface area contributed by atoms with Gasteiger partial charge in [-0.2, -0.15) is 0 Å². The van der Waals surface area contributed by atoms with E-state index in [0.717, 1.165) is 11.2 Å². The van der Waals surface area contributed by atoms with Gasteiger partial charge in [-0.05, 0) is 46.5 Å². The summed E-state index contributed by atoms with van der Waals surface area (Å²) in [6.45, 7) is 6.81. The summed E-state index contributed by atoms with van der Waals surface area (Å²) in [4.78, 5) is 5.10. The van der Waals surface area contributed by atoms with E-state index in [1.54, 1.807) is 0 Å². The van der Waals surface area contributed by atoms with Crippen LogP contribution in [0.3, 0.4) is 0 Å². The number of benzene rings is 3. The number of fused-ring (bicyclic) bond motifs is 3. The average Bonchev–Trinajstić information content (AvgIpc) is 2.59. The fourth-order valence-electron chi connectivity index (χ4n) is 4.23. The maximum Gasteiger partial charge on any atom is 0.0756 e. The predicted molar refractivity (Wildman–Crippen MR) is 102 cm³/mol. The Hall–Kier alpha value is -2.67. The molecule has 1 nitrogen and oxygen atoms in total.